The summed E-state index contributed by atoms with van der Waals surface area (Å²) in [7, 11) is 0. The molecule has 3 rings (SSSR count). The van der Waals surface area contributed by atoms with Crippen LogP contribution in [0.5, 0.6) is 0 Å². The number of nitrogens with zero attached hydrogens (tertiary/aromatic N) is 3. The van der Waals surface area contributed by atoms with Crippen LogP contribution in [0.2, 0.25) is 0 Å². The van der Waals surface area contributed by atoms with Gasteiger partial charge in [0.15, 0.2) is 0 Å². The number of pyridine rings is 1. The molecule has 0 saturated carbocycles. The molecule has 0 atom stereocenters. The fourth-order valence-electron chi connectivity index (χ4n) is 3.02. The lowest BCUT2D eigenvalue weighted by atomic mass is 10.0. The molecule has 1 aromatic heterocycles. The Balaban J connectivity index is 1.67. The quantitative estimate of drug-likeness (QED) is 0.873. The van der Waals surface area contributed by atoms with Gasteiger partial charge in [-0.1, -0.05) is 12.1 Å². The number of carbonyl (C=O) groups excluding carboxylic acids is 1. The number of hydrogen-bond acceptors (Lipinski definition) is 5. The number of carbonyl (C=O) groups is 2. The minimum Gasteiger partial charge on any atom is -0.478 e. The standard InChI is InChI=1S/C21H25N3O4/c1-21(2,3)28-20(27)24-12-10-23(11-13-24)18-14-17(8-9-22-18)15-4-6-16(7-5-15)19(25)26/h4-9,14H,10-13H2,1-3H3,(H,25,26). The summed E-state index contributed by atoms with van der Waals surface area (Å²) in [6.45, 7) is 8.09. The Bertz CT molecular complexity index is 851. The van der Waals surface area contributed by atoms with Crippen molar-refractivity contribution >= 4 is 17.9 Å². The summed E-state index contributed by atoms with van der Waals surface area (Å²) in [5.74, 6) is -0.103. The van der Waals surface area contributed by atoms with Gasteiger partial charge in [0, 0.05) is 32.4 Å². The van der Waals surface area contributed by atoms with Gasteiger partial charge >= 0.3 is 12.1 Å². The van der Waals surface area contributed by atoms with Crippen molar-refractivity contribution < 1.29 is 19.4 Å². The maximum absolute atomic E-state index is 12.2. The number of aromatic carboxylic acids is 1. The highest BCUT2D eigenvalue weighted by Crippen LogP contribution is 2.24. The fourth-order valence-corrected chi connectivity index (χ4v) is 3.02. The number of hydrogen-bond donors (Lipinski definition) is 1. The zero-order chi connectivity index (χ0) is 20.3. The largest absolute Gasteiger partial charge is 0.478 e. The molecule has 7 nitrogen and oxygen atoms in total. The SMILES string of the molecule is CC(C)(C)OC(=O)N1CCN(c2cc(-c3ccc(C(=O)O)cc3)ccn2)CC1. The Hall–Kier alpha value is -3.09. The topological polar surface area (TPSA) is 83.0 Å². The van der Waals surface area contributed by atoms with Crippen LogP contribution in [0.4, 0.5) is 10.6 Å². The van der Waals surface area contributed by atoms with Crippen molar-refractivity contribution in [2.45, 2.75) is 26.4 Å². The second-order valence-electron chi connectivity index (χ2n) is 7.74. The summed E-state index contributed by atoms with van der Waals surface area (Å²) in [6.07, 6.45) is 1.46. The lowest BCUT2D eigenvalue weighted by molar-refractivity contribution is 0.0240. The van der Waals surface area contributed by atoms with Crippen LogP contribution in [0.3, 0.4) is 0 Å². The number of carboxylic acids is 1. The Morgan fingerprint density at radius 2 is 1.64 bits per heavy atom. The van der Waals surface area contributed by atoms with E-state index >= 15 is 0 Å². The maximum Gasteiger partial charge on any atom is 0.410 e. The zero-order valence-corrected chi connectivity index (χ0v) is 16.4. The minimum atomic E-state index is -0.940. The molecule has 0 unspecified atom stereocenters. The van der Waals surface area contributed by atoms with Crippen LogP contribution in [-0.4, -0.2) is 58.8 Å². The lowest BCUT2D eigenvalue weighted by Crippen LogP contribution is -2.50. The Kier molecular flexibility index (Phi) is 5.53. The van der Waals surface area contributed by atoms with Gasteiger partial charge < -0.3 is 19.6 Å². The van der Waals surface area contributed by atoms with Crippen molar-refractivity contribution in [3.63, 3.8) is 0 Å². The van der Waals surface area contributed by atoms with Crippen molar-refractivity contribution in [2.24, 2.45) is 0 Å². The molecule has 1 fully saturated rings. The van der Waals surface area contributed by atoms with Crippen molar-refractivity contribution in [1.82, 2.24) is 9.88 Å². The summed E-state index contributed by atoms with van der Waals surface area (Å²) in [6, 6.07) is 10.7. The molecule has 0 bridgehead atoms. The number of piperazine rings is 1. The molecule has 1 aromatic carbocycles. The van der Waals surface area contributed by atoms with Crippen molar-refractivity contribution in [3.8, 4) is 11.1 Å². The van der Waals surface area contributed by atoms with Crippen molar-refractivity contribution in [1.29, 1.82) is 0 Å². The molecule has 0 aliphatic carbocycles. The third kappa shape index (κ3) is 4.79. The average molecular weight is 383 g/mol. The highest BCUT2D eigenvalue weighted by molar-refractivity contribution is 5.88. The zero-order valence-electron chi connectivity index (χ0n) is 16.4. The van der Waals surface area contributed by atoms with Crippen LogP contribution in [0, 0.1) is 0 Å². The maximum atomic E-state index is 12.2. The van der Waals surface area contributed by atoms with Crippen LogP contribution in [0.25, 0.3) is 11.1 Å². The van der Waals surface area contributed by atoms with Gasteiger partial charge in [-0.05, 0) is 56.2 Å². The monoisotopic (exact) mass is 383 g/mol. The Morgan fingerprint density at radius 3 is 2.21 bits per heavy atom. The van der Waals surface area contributed by atoms with Crippen molar-refractivity contribution in [3.05, 3.63) is 48.2 Å². The van der Waals surface area contributed by atoms with E-state index in [2.05, 4.69) is 9.88 Å². The van der Waals surface area contributed by atoms with E-state index in [1.807, 2.05) is 32.9 Å². The van der Waals surface area contributed by atoms with Crippen molar-refractivity contribution in [2.75, 3.05) is 31.1 Å². The molecule has 1 aliphatic rings. The van der Waals surface area contributed by atoms with Gasteiger partial charge in [0.2, 0.25) is 0 Å². The number of aromatic nitrogens is 1. The van der Waals surface area contributed by atoms with Gasteiger partial charge in [-0.3, -0.25) is 0 Å². The number of anilines is 1. The average Bonchev–Trinajstić information content (AvgIpc) is 2.67. The Labute approximate surface area is 164 Å². The van der Waals surface area contributed by atoms with E-state index in [-0.39, 0.29) is 11.7 Å². The highest BCUT2D eigenvalue weighted by Gasteiger charge is 2.26. The molecule has 7 heteroatoms. The molecule has 0 radical (unpaired) electrons. The molecule has 28 heavy (non-hydrogen) atoms. The van der Waals surface area contributed by atoms with Gasteiger partial charge in [-0.25, -0.2) is 14.6 Å². The lowest BCUT2D eigenvalue weighted by Gasteiger charge is -2.36. The number of ether oxygens (including phenoxy) is 1. The third-order valence-corrected chi connectivity index (χ3v) is 4.47. The molecular formula is C21H25N3O4. The van der Waals surface area contributed by atoms with Crippen LogP contribution in [0.1, 0.15) is 31.1 Å². The van der Waals surface area contributed by atoms with Gasteiger partial charge in [-0.15, -0.1) is 0 Å². The molecule has 1 aliphatic heterocycles. The van der Waals surface area contributed by atoms with Crippen LogP contribution >= 0.6 is 0 Å². The van der Waals surface area contributed by atoms with Gasteiger partial charge in [0.05, 0.1) is 5.56 Å². The number of benzene rings is 1. The second kappa shape index (κ2) is 7.88. The molecular weight excluding hydrogens is 358 g/mol. The molecule has 148 valence electrons. The van der Waals surface area contributed by atoms with E-state index in [4.69, 9.17) is 9.84 Å². The molecule has 1 N–H and O–H groups in total. The summed E-state index contributed by atoms with van der Waals surface area (Å²) < 4.78 is 5.43. The first-order valence-corrected chi connectivity index (χ1v) is 9.25. The smallest absolute Gasteiger partial charge is 0.410 e. The van der Waals surface area contributed by atoms with E-state index in [1.165, 1.54) is 0 Å². The first-order chi connectivity index (χ1) is 13.2. The van der Waals surface area contributed by atoms with Crippen LogP contribution in [0.15, 0.2) is 42.6 Å². The molecule has 2 heterocycles. The predicted molar refractivity (Wildman–Crippen MR) is 107 cm³/mol. The predicted octanol–water partition coefficient (Wildman–Crippen LogP) is 3.50. The first-order valence-electron chi connectivity index (χ1n) is 9.25. The minimum absolute atomic E-state index is 0.260. The third-order valence-electron chi connectivity index (χ3n) is 4.47. The van der Waals surface area contributed by atoms with E-state index in [0.29, 0.717) is 26.2 Å². The van der Waals surface area contributed by atoms with E-state index in [1.54, 1.807) is 35.4 Å². The fraction of sp³-hybridized carbons (Fsp3) is 0.381. The summed E-state index contributed by atoms with van der Waals surface area (Å²) in [5, 5.41) is 9.03. The normalized spacial score (nSPS) is 14.7. The molecule has 1 amide bonds. The van der Waals surface area contributed by atoms with Crippen LogP contribution in [-0.2, 0) is 4.74 Å². The molecule has 0 spiro atoms. The number of amides is 1. The summed E-state index contributed by atoms with van der Waals surface area (Å²) in [5.41, 5.74) is 1.66. The summed E-state index contributed by atoms with van der Waals surface area (Å²) >= 11 is 0. The number of carboxylic acid groups (broad SMARTS) is 1. The molecule has 1 saturated heterocycles. The van der Waals surface area contributed by atoms with E-state index in [0.717, 1.165) is 16.9 Å². The van der Waals surface area contributed by atoms with Crippen LogP contribution < -0.4 is 4.90 Å². The Morgan fingerprint density at radius 1 is 1.00 bits per heavy atom. The molecule has 2 aromatic rings. The van der Waals surface area contributed by atoms with E-state index in [9.17, 15) is 9.59 Å². The number of rotatable bonds is 3. The van der Waals surface area contributed by atoms with Gasteiger partial charge in [0.1, 0.15) is 11.4 Å². The second-order valence-corrected chi connectivity index (χ2v) is 7.74. The summed E-state index contributed by atoms with van der Waals surface area (Å²) in [4.78, 5) is 31.5. The highest BCUT2D eigenvalue weighted by atomic mass is 16.6. The van der Waals surface area contributed by atoms with Gasteiger partial charge in [0.25, 0.3) is 0 Å². The van der Waals surface area contributed by atoms with E-state index < -0.39 is 11.6 Å². The first kappa shape index (κ1) is 19.7. The van der Waals surface area contributed by atoms with Gasteiger partial charge in [-0.2, -0.15) is 0 Å².